The molecule has 86 valence electrons. The first-order valence-electron chi connectivity index (χ1n) is 5.48. The van der Waals surface area contributed by atoms with Crippen LogP contribution in [0.15, 0.2) is 18.5 Å². The Balaban J connectivity index is 2.00. The van der Waals surface area contributed by atoms with Crippen molar-refractivity contribution < 1.29 is 9.53 Å². The Morgan fingerprint density at radius 2 is 2.25 bits per heavy atom. The maximum atomic E-state index is 12.0. The molecule has 4 heteroatoms. The smallest absolute Gasteiger partial charge is 0.164 e. The van der Waals surface area contributed by atoms with E-state index in [1.54, 1.807) is 12.3 Å². The monoisotopic (exact) mass is 239 g/mol. The Morgan fingerprint density at radius 3 is 2.94 bits per heavy atom. The van der Waals surface area contributed by atoms with Gasteiger partial charge in [0.25, 0.3) is 0 Å². The van der Waals surface area contributed by atoms with Gasteiger partial charge in [-0.1, -0.05) is 11.6 Å². The molecule has 0 atom stereocenters. The van der Waals surface area contributed by atoms with Gasteiger partial charge in [-0.25, -0.2) is 0 Å². The van der Waals surface area contributed by atoms with Crippen molar-refractivity contribution in [2.24, 2.45) is 5.92 Å². The van der Waals surface area contributed by atoms with Crippen molar-refractivity contribution in [3.05, 3.63) is 29.0 Å². The van der Waals surface area contributed by atoms with E-state index in [-0.39, 0.29) is 5.78 Å². The summed E-state index contributed by atoms with van der Waals surface area (Å²) >= 11 is 5.93. The number of hydrogen-bond donors (Lipinski definition) is 0. The van der Waals surface area contributed by atoms with Gasteiger partial charge in [0, 0.05) is 37.6 Å². The largest absolute Gasteiger partial charge is 0.381 e. The van der Waals surface area contributed by atoms with E-state index in [2.05, 4.69) is 4.98 Å². The third-order valence-corrected chi connectivity index (χ3v) is 3.19. The standard InChI is InChI=1S/C12H14ClNO2/c13-11-8-14-4-1-10(11)12(15)7-9-2-5-16-6-3-9/h1,4,8-9H,2-3,5-7H2. The van der Waals surface area contributed by atoms with Gasteiger partial charge in [-0.3, -0.25) is 9.78 Å². The number of Topliss-reactive ketones (excluding diaryl/α,β-unsaturated/α-hetero) is 1. The van der Waals surface area contributed by atoms with Crippen molar-refractivity contribution in [2.75, 3.05) is 13.2 Å². The number of halogens is 1. The van der Waals surface area contributed by atoms with E-state index in [0.717, 1.165) is 26.1 Å². The summed E-state index contributed by atoms with van der Waals surface area (Å²) in [6.45, 7) is 1.53. The first kappa shape index (κ1) is 11.6. The molecular formula is C12H14ClNO2. The number of hydrogen-bond acceptors (Lipinski definition) is 3. The van der Waals surface area contributed by atoms with Crippen molar-refractivity contribution in [3.8, 4) is 0 Å². The Morgan fingerprint density at radius 1 is 1.50 bits per heavy atom. The molecule has 1 fully saturated rings. The van der Waals surface area contributed by atoms with Gasteiger partial charge in [0.15, 0.2) is 5.78 Å². The fourth-order valence-corrected chi connectivity index (χ4v) is 2.15. The van der Waals surface area contributed by atoms with Crippen LogP contribution in [0, 0.1) is 5.92 Å². The maximum Gasteiger partial charge on any atom is 0.164 e. The molecule has 0 aromatic carbocycles. The second kappa shape index (κ2) is 5.41. The first-order chi connectivity index (χ1) is 7.77. The van der Waals surface area contributed by atoms with Gasteiger partial charge < -0.3 is 4.74 Å². The van der Waals surface area contributed by atoms with E-state index in [1.807, 2.05) is 0 Å². The van der Waals surface area contributed by atoms with Crippen LogP contribution in [0.25, 0.3) is 0 Å². The molecule has 0 N–H and O–H groups in total. The minimum Gasteiger partial charge on any atom is -0.381 e. The van der Waals surface area contributed by atoms with Gasteiger partial charge in [0.1, 0.15) is 0 Å². The highest BCUT2D eigenvalue weighted by Crippen LogP contribution is 2.23. The molecule has 0 amide bonds. The number of rotatable bonds is 3. The third-order valence-electron chi connectivity index (χ3n) is 2.89. The molecule has 3 nitrogen and oxygen atoms in total. The molecule has 0 radical (unpaired) electrons. The van der Waals surface area contributed by atoms with E-state index < -0.39 is 0 Å². The minimum absolute atomic E-state index is 0.110. The molecule has 1 aromatic rings. The zero-order valence-electron chi connectivity index (χ0n) is 8.99. The highest BCUT2D eigenvalue weighted by Gasteiger charge is 2.19. The van der Waals surface area contributed by atoms with Gasteiger partial charge in [-0.2, -0.15) is 0 Å². The summed E-state index contributed by atoms with van der Waals surface area (Å²) < 4.78 is 5.26. The van der Waals surface area contributed by atoms with Crippen LogP contribution < -0.4 is 0 Å². The molecule has 1 aliphatic heterocycles. The van der Waals surface area contributed by atoms with Gasteiger partial charge in [-0.05, 0) is 24.8 Å². The summed E-state index contributed by atoms with van der Waals surface area (Å²) in [6, 6.07) is 1.68. The van der Waals surface area contributed by atoms with Crippen LogP contribution in [0.3, 0.4) is 0 Å². The van der Waals surface area contributed by atoms with Crippen molar-refractivity contribution >= 4 is 17.4 Å². The minimum atomic E-state index is 0.110. The van der Waals surface area contributed by atoms with Gasteiger partial charge in [0.2, 0.25) is 0 Å². The molecule has 0 spiro atoms. The number of aromatic nitrogens is 1. The van der Waals surface area contributed by atoms with Crippen LogP contribution >= 0.6 is 11.6 Å². The Labute approximate surface area is 99.8 Å². The Kier molecular flexibility index (Phi) is 3.91. The summed E-state index contributed by atoms with van der Waals surface area (Å²) in [7, 11) is 0. The molecular weight excluding hydrogens is 226 g/mol. The number of ketones is 1. The molecule has 2 heterocycles. The molecule has 0 unspecified atom stereocenters. The number of ether oxygens (including phenoxy) is 1. The lowest BCUT2D eigenvalue weighted by molar-refractivity contribution is 0.0601. The molecule has 0 saturated carbocycles. The van der Waals surface area contributed by atoms with Crippen LogP contribution in [0.4, 0.5) is 0 Å². The summed E-state index contributed by atoms with van der Waals surface area (Å²) in [5.74, 6) is 0.546. The Hall–Kier alpha value is -0.930. The average molecular weight is 240 g/mol. The molecule has 1 aromatic heterocycles. The van der Waals surface area contributed by atoms with Crippen LogP contribution in [-0.4, -0.2) is 24.0 Å². The molecule has 1 aliphatic rings. The SMILES string of the molecule is O=C(CC1CCOCC1)c1ccncc1Cl. The Bertz CT molecular complexity index is 375. The van der Waals surface area contributed by atoms with E-state index >= 15 is 0 Å². The molecule has 0 aliphatic carbocycles. The predicted molar refractivity (Wildman–Crippen MR) is 61.7 cm³/mol. The van der Waals surface area contributed by atoms with Crippen LogP contribution in [0.1, 0.15) is 29.6 Å². The second-order valence-electron chi connectivity index (χ2n) is 4.04. The number of nitrogens with zero attached hydrogens (tertiary/aromatic N) is 1. The number of carbonyl (C=O) groups excluding carboxylic acids is 1. The lowest BCUT2D eigenvalue weighted by atomic mass is 9.92. The van der Waals surface area contributed by atoms with Gasteiger partial charge >= 0.3 is 0 Å². The number of carbonyl (C=O) groups is 1. The zero-order chi connectivity index (χ0) is 11.4. The fraction of sp³-hybridized carbons (Fsp3) is 0.500. The lowest BCUT2D eigenvalue weighted by Crippen LogP contribution is -2.18. The van der Waals surface area contributed by atoms with E-state index in [1.165, 1.54) is 6.20 Å². The predicted octanol–water partition coefficient (Wildman–Crippen LogP) is 2.73. The lowest BCUT2D eigenvalue weighted by Gasteiger charge is -2.21. The van der Waals surface area contributed by atoms with Crippen molar-refractivity contribution in [1.82, 2.24) is 4.98 Å². The summed E-state index contributed by atoms with van der Waals surface area (Å²) in [5.41, 5.74) is 0.586. The molecule has 0 bridgehead atoms. The van der Waals surface area contributed by atoms with Gasteiger partial charge in [0.05, 0.1) is 5.02 Å². The van der Waals surface area contributed by atoms with E-state index in [0.29, 0.717) is 22.9 Å². The maximum absolute atomic E-state index is 12.0. The summed E-state index contributed by atoms with van der Waals surface area (Å²) in [5, 5.41) is 0.444. The summed E-state index contributed by atoms with van der Waals surface area (Å²) in [4.78, 5) is 15.9. The molecule has 1 saturated heterocycles. The second-order valence-corrected chi connectivity index (χ2v) is 4.45. The molecule has 16 heavy (non-hydrogen) atoms. The van der Waals surface area contributed by atoms with Crippen LogP contribution in [0.2, 0.25) is 5.02 Å². The fourth-order valence-electron chi connectivity index (χ4n) is 1.92. The third kappa shape index (κ3) is 2.80. The van der Waals surface area contributed by atoms with Crippen LogP contribution in [-0.2, 0) is 4.74 Å². The van der Waals surface area contributed by atoms with E-state index in [9.17, 15) is 4.79 Å². The average Bonchev–Trinajstić information content (AvgIpc) is 2.31. The highest BCUT2D eigenvalue weighted by atomic mass is 35.5. The van der Waals surface area contributed by atoms with E-state index in [4.69, 9.17) is 16.3 Å². The quantitative estimate of drug-likeness (QED) is 0.762. The summed E-state index contributed by atoms with van der Waals surface area (Å²) in [6.07, 6.45) is 5.61. The highest BCUT2D eigenvalue weighted by molar-refractivity contribution is 6.33. The number of pyridine rings is 1. The van der Waals surface area contributed by atoms with Crippen LogP contribution in [0.5, 0.6) is 0 Å². The first-order valence-corrected chi connectivity index (χ1v) is 5.85. The van der Waals surface area contributed by atoms with Gasteiger partial charge in [-0.15, -0.1) is 0 Å². The molecule has 2 rings (SSSR count). The zero-order valence-corrected chi connectivity index (χ0v) is 9.74. The van der Waals surface area contributed by atoms with Crippen molar-refractivity contribution in [2.45, 2.75) is 19.3 Å². The normalized spacial score (nSPS) is 17.3. The van der Waals surface area contributed by atoms with Crippen molar-refractivity contribution in [3.63, 3.8) is 0 Å². The topological polar surface area (TPSA) is 39.2 Å². The van der Waals surface area contributed by atoms with Crippen molar-refractivity contribution in [1.29, 1.82) is 0 Å².